The third-order valence-electron chi connectivity index (χ3n) is 6.52. The Labute approximate surface area is 236 Å². The highest BCUT2D eigenvalue weighted by molar-refractivity contribution is 5.86. The van der Waals surface area contributed by atoms with Gasteiger partial charge in [-0.05, 0) is 106 Å². The number of phenols is 1. The molecule has 0 saturated carbocycles. The Kier molecular flexibility index (Phi) is 11.3. The summed E-state index contributed by atoms with van der Waals surface area (Å²) in [5.41, 5.74) is 5.80. The number of aryl methyl sites for hydroxylation is 2. The Morgan fingerprint density at radius 2 is 1.85 bits per heavy atom. The van der Waals surface area contributed by atoms with E-state index in [1.807, 2.05) is 12.1 Å². The molecule has 1 aliphatic carbocycles. The van der Waals surface area contributed by atoms with Crippen molar-refractivity contribution in [1.82, 2.24) is 0 Å². The Morgan fingerprint density at radius 1 is 1.18 bits per heavy atom. The van der Waals surface area contributed by atoms with Crippen LogP contribution in [0.25, 0.3) is 11.0 Å². The molecular formula is C33H41FO6. The third-order valence-corrected chi connectivity index (χ3v) is 6.52. The number of carboxylic acids is 1. The fraction of sp³-hybridized carbons (Fsp3) is 0.364. The summed E-state index contributed by atoms with van der Waals surface area (Å²) in [6.45, 7) is 11.4. The van der Waals surface area contributed by atoms with Crippen LogP contribution in [-0.2, 0) is 17.6 Å². The van der Waals surface area contributed by atoms with E-state index in [1.165, 1.54) is 41.7 Å². The quantitative estimate of drug-likeness (QED) is 0.233. The Balaban J connectivity index is 0.000000316. The number of hydrogen-bond acceptors (Lipinski definition) is 5. The molecule has 0 bridgehead atoms. The van der Waals surface area contributed by atoms with Gasteiger partial charge in [0.05, 0.1) is 18.3 Å². The second-order valence-corrected chi connectivity index (χ2v) is 10.5. The lowest BCUT2D eigenvalue weighted by Crippen LogP contribution is -2.27. The highest BCUT2D eigenvalue weighted by Crippen LogP contribution is 2.36. The van der Waals surface area contributed by atoms with Gasteiger partial charge >= 0.3 is 5.97 Å². The number of halogens is 1. The summed E-state index contributed by atoms with van der Waals surface area (Å²) in [7, 11) is 0. The zero-order chi connectivity index (χ0) is 28.7. The lowest BCUT2D eigenvalue weighted by atomic mass is 9.93. The number of carbonyl (C=O) groups is 1. The van der Waals surface area contributed by atoms with Crippen LogP contribution in [-0.4, -0.2) is 33.5 Å². The number of hydrogen-bond donors (Lipinski definition) is 3. The van der Waals surface area contributed by atoms with Crippen LogP contribution >= 0.6 is 0 Å². The molecule has 2 aromatic carbocycles. The zero-order valence-electron chi connectivity index (χ0n) is 23.0. The van der Waals surface area contributed by atoms with Gasteiger partial charge in [0.15, 0.2) is 0 Å². The van der Waals surface area contributed by atoms with Crippen LogP contribution in [0.4, 0.5) is 4.39 Å². The van der Waals surface area contributed by atoms with E-state index in [-0.39, 0.29) is 32.0 Å². The lowest BCUT2D eigenvalue weighted by molar-refractivity contribution is -0.136. The van der Waals surface area contributed by atoms with Gasteiger partial charge in [-0.15, -0.1) is 0 Å². The standard InChI is InChI=1S/C22H29FO2.C10H8O4.CH4/c1-6-8-21(23)19-10-7-9-17(19)13-20-15(2)11-18(12-16(20)3)25-14-22(4,5)24;11-7-1-2-8-6(3-10(12)13)5-14-9(8)4-7;/h6,8,11-12,24H,1,7,9-10,13-14H2,2-5H3;1-2,4-5,11H,3H2,(H,12,13);1H4/b21-8+;;. The second-order valence-electron chi connectivity index (χ2n) is 10.5. The van der Waals surface area contributed by atoms with E-state index < -0.39 is 11.6 Å². The monoisotopic (exact) mass is 552 g/mol. The topological polar surface area (TPSA) is 100 Å². The van der Waals surface area contributed by atoms with Crippen molar-refractivity contribution in [2.75, 3.05) is 6.61 Å². The van der Waals surface area contributed by atoms with Crippen molar-refractivity contribution in [2.24, 2.45) is 0 Å². The first kappa shape index (κ1) is 32.4. The molecule has 0 amide bonds. The summed E-state index contributed by atoms with van der Waals surface area (Å²) in [4.78, 5) is 10.5. The van der Waals surface area contributed by atoms with Crippen LogP contribution in [0.1, 0.15) is 62.8 Å². The molecule has 0 saturated heterocycles. The summed E-state index contributed by atoms with van der Waals surface area (Å²) >= 11 is 0. The van der Waals surface area contributed by atoms with E-state index in [1.54, 1.807) is 19.9 Å². The van der Waals surface area contributed by atoms with E-state index in [9.17, 15) is 14.3 Å². The molecule has 0 unspecified atom stereocenters. The fourth-order valence-corrected chi connectivity index (χ4v) is 4.65. The molecule has 0 aliphatic heterocycles. The normalized spacial score (nSPS) is 13.5. The fourth-order valence-electron chi connectivity index (χ4n) is 4.65. The van der Waals surface area contributed by atoms with E-state index >= 15 is 0 Å². The van der Waals surface area contributed by atoms with Gasteiger partial charge in [0, 0.05) is 17.0 Å². The molecule has 0 spiro atoms. The maximum absolute atomic E-state index is 14.2. The highest BCUT2D eigenvalue weighted by Gasteiger charge is 2.20. The minimum atomic E-state index is -0.902. The maximum Gasteiger partial charge on any atom is 0.307 e. The van der Waals surface area contributed by atoms with Crippen LogP contribution in [0, 0.1) is 13.8 Å². The number of aliphatic carboxylic acids is 1. The van der Waals surface area contributed by atoms with Crippen molar-refractivity contribution in [2.45, 2.75) is 72.8 Å². The summed E-state index contributed by atoms with van der Waals surface area (Å²) in [6, 6.07) is 8.61. The van der Waals surface area contributed by atoms with Crippen LogP contribution in [0.2, 0.25) is 0 Å². The van der Waals surface area contributed by atoms with Crippen molar-refractivity contribution in [1.29, 1.82) is 0 Å². The maximum atomic E-state index is 14.2. The van der Waals surface area contributed by atoms with Gasteiger partial charge in [0.1, 0.15) is 29.5 Å². The smallest absolute Gasteiger partial charge is 0.307 e. The average molecular weight is 553 g/mol. The molecule has 1 aliphatic rings. The van der Waals surface area contributed by atoms with Gasteiger partial charge in [-0.1, -0.05) is 25.7 Å². The first-order valence-corrected chi connectivity index (χ1v) is 12.9. The van der Waals surface area contributed by atoms with E-state index in [2.05, 4.69) is 20.4 Å². The zero-order valence-corrected chi connectivity index (χ0v) is 23.0. The summed E-state index contributed by atoms with van der Waals surface area (Å²) in [5.74, 6) is -0.184. The number of rotatable bonds is 9. The first-order chi connectivity index (χ1) is 18.4. The molecule has 40 heavy (non-hydrogen) atoms. The number of fused-ring (bicyclic) bond motifs is 1. The number of phenolic OH excluding ortho intramolecular Hbond substituents is 1. The average Bonchev–Trinajstić information content (AvgIpc) is 3.46. The molecule has 1 aromatic heterocycles. The highest BCUT2D eigenvalue weighted by atomic mass is 19.1. The molecule has 1 heterocycles. The molecule has 3 N–H and O–H groups in total. The number of aliphatic hydroxyl groups is 1. The Morgan fingerprint density at radius 3 is 2.45 bits per heavy atom. The molecule has 216 valence electrons. The van der Waals surface area contributed by atoms with E-state index in [0.717, 1.165) is 53.5 Å². The molecule has 3 aromatic rings. The van der Waals surface area contributed by atoms with Crippen LogP contribution < -0.4 is 4.74 Å². The van der Waals surface area contributed by atoms with Gasteiger partial charge in [0.2, 0.25) is 0 Å². The van der Waals surface area contributed by atoms with E-state index in [4.69, 9.17) is 19.4 Å². The van der Waals surface area contributed by atoms with Crippen molar-refractivity contribution in [3.8, 4) is 11.5 Å². The molecule has 7 heteroatoms. The summed E-state index contributed by atoms with van der Waals surface area (Å²) in [5, 5.41) is 28.3. The number of aromatic hydroxyl groups is 1. The van der Waals surface area contributed by atoms with Gasteiger partial charge < -0.3 is 24.5 Å². The SMILES string of the molecule is C.C=C/C=C(/F)C1=C(Cc2c(C)cc(OCC(C)(C)O)cc2C)CCC1.O=C(O)Cc1coc2cc(O)ccc12. The minimum absolute atomic E-state index is 0. The number of allylic oxidation sites excluding steroid dienone is 5. The first-order valence-electron chi connectivity index (χ1n) is 12.9. The van der Waals surface area contributed by atoms with Gasteiger partial charge in [-0.25, -0.2) is 4.39 Å². The van der Waals surface area contributed by atoms with Crippen LogP contribution in [0.5, 0.6) is 11.5 Å². The molecule has 6 nitrogen and oxygen atoms in total. The third kappa shape index (κ3) is 8.85. The number of ether oxygens (including phenoxy) is 1. The number of furan rings is 1. The predicted octanol–water partition coefficient (Wildman–Crippen LogP) is 7.92. The van der Waals surface area contributed by atoms with Gasteiger partial charge in [-0.3, -0.25) is 4.79 Å². The minimum Gasteiger partial charge on any atom is -0.508 e. The van der Waals surface area contributed by atoms with Crippen molar-refractivity contribution < 1.29 is 33.7 Å². The lowest BCUT2D eigenvalue weighted by Gasteiger charge is -2.20. The van der Waals surface area contributed by atoms with Gasteiger partial charge in [-0.2, -0.15) is 0 Å². The molecular weight excluding hydrogens is 511 g/mol. The molecule has 4 rings (SSSR count). The van der Waals surface area contributed by atoms with Crippen molar-refractivity contribution >= 4 is 16.9 Å². The summed E-state index contributed by atoms with van der Waals surface area (Å²) < 4.78 is 25.0. The molecule has 0 atom stereocenters. The predicted molar refractivity (Wildman–Crippen MR) is 158 cm³/mol. The number of benzene rings is 2. The summed E-state index contributed by atoms with van der Waals surface area (Å²) in [6.07, 6.45) is 7.82. The largest absolute Gasteiger partial charge is 0.508 e. The number of carboxylic acid groups (broad SMARTS) is 1. The second kappa shape index (κ2) is 14.0. The Bertz CT molecular complexity index is 1380. The van der Waals surface area contributed by atoms with Gasteiger partial charge in [0.25, 0.3) is 0 Å². The molecule has 0 radical (unpaired) electrons. The molecule has 0 fully saturated rings. The van der Waals surface area contributed by atoms with Crippen molar-refractivity contribution in [3.05, 3.63) is 94.6 Å². The van der Waals surface area contributed by atoms with Crippen LogP contribution in [0.15, 0.2) is 76.7 Å². The van der Waals surface area contributed by atoms with Crippen LogP contribution in [0.3, 0.4) is 0 Å². The van der Waals surface area contributed by atoms with E-state index in [0.29, 0.717) is 11.1 Å². The van der Waals surface area contributed by atoms with Crippen molar-refractivity contribution in [3.63, 3.8) is 0 Å². The Hall–Kier alpha value is -3.84.